The first-order valence-corrected chi connectivity index (χ1v) is 11.2. The molecule has 0 radical (unpaired) electrons. The molecule has 0 atom stereocenters. The summed E-state index contributed by atoms with van der Waals surface area (Å²) in [6.07, 6.45) is 6.87. The lowest BCUT2D eigenvalue weighted by Crippen LogP contribution is -1.96. The number of benzene rings is 3. The lowest BCUT2D eigenvalue weighted by atomic mass is 9.91. The number of aryl methyl sites for hydroxylation is 2. The van der Waals surface area contributed by atoms with Gasteiger partial charge in [-0.2, -0.15) is 0 Å². The van der Waals surface area contributed by atoms with Gasteiger partial charge in [-0.1, -0.05) is 75.2 Å². The van der Waals surface area contributed by atoms with Crippen molar-refractivity contribution in [3.05, 3.63) is 71.8 Å². The Morgan fingerprint density at radius 3 is 1.30 bits per heavy atom. The van der Waals surface area contributed by atoms with E-state index in [0.717, 1.165) is 24.3 Å². The van der Waals surface area contributed by atoms with Crippen molar-refractivity contribution in [3.63, 3.8) is 0 Å². The Morgan fingerprint density at radius 1 is 0.567 bits per heavy atom. The summed E-state index contributed by atoms with van der Waals surface area (Å²) >= 11 is 0. The Balaban J connectivity index is 2.03. The average Bonchev–Trinajstić information content (AvgIpc) is 2.80. The van der Waals surface area contributed by atoms with Crippen molar-refractivity contribution < 1.29 is 9.47 Å². The molecule has 3 aromatic rings. The van der Waals surface area contributed by atoms with Gasteiger partial charge in [0.25, 0.3) is 0 Å². The van der Waals surface area contributed by atoms with Crippen molar-refractivity contribution in [2.24, 2.45) is 0 Å². The number of methoxy groups -OCH3 is 2. The Labute approximate surface area is 181 Å². The Morgan fingerprint density at radius 2 is 0.967 bits per heavy atom. The van der Waals surface area contributed by atoms with Crippen LogP contribution in [0.25, 0.3) is 22.3 Å². The van der Waals surface area contributed by atoms with Crippen LogP contribution in [-0.2, 0) is 12.8 Å². The van der Waals surface area contributed by atoms with Gasteiger partial charge in [0.1, 0.15) is 11.5 Å². The molecule has 0 amide bonds. The van der Waals surface area contributed by atoms with E-state index in [0.29, 0.717) is 0 Å². The Bertz CT molecular complexity index is 863. The molecule has 2 nitrogen and oxygen atoms in total. The van der Waals surface area contributed by atoms with E-state index in [1.165, 1.54) is 59.1 Å². The highest BCUT2D eigenvalue weighted by atomic mass is 16.5. The normalized spacial score (nSPS) is 10.8. The van der Waals surface area contributed by atoms with Crippen LogP contribution >= 0.6 is 0 Å². The summed E-state index contributed by atoms with van der Waals surface area (Å²) in [7, 11) is 3.51. The molecule has 0 aromatic heterocycles. The van der Waals surface area contributed by atoms with E-state index in [1.54, 1.807) is 14.2 Å². The molecule has 0 heterocycles. The van der Waals surface area contributed by atoms with Crippen LogP contribution in [-0.4, -0.2) is 14.2 Å². The highest BCUT2D eigenvalue weighted by Gasteiger charge is 2.14. The van der Waals surface area contributed by atoms with Gasteiger partial charge in [-0.25, -0.2) is 0 Å². The number of hydrogen-bond acceptors (Lipinski definition) is 2. The minimum atomic E-state index is 0.942. The van der Waals surface area contributed by atoms with E-state index >= 15 is 0 Å². The third-order valence-electron chi connectivity index (χ3n) is 5.73. The van der Waals surface area contributed by atoms with Crippen molar-refractivity contribution in [1.29, 1.82) is 0 Å². The third-order valence-corrected chi connectivity index (χ3v) is 5.73. The molecule has 0 aliphatic carbocycles. The number of ether oxygens (including phenoxy) is 2. The molecule has 0 spiro atoms. The van der Waals surface area contributed by atoms with Crippen LogP contribution in [0, 0.1) is 0 Å². The fraction of sp³-hybridized carbons (Fsp3) is 0.357. The van der Waals surface area contributed by atoms with E-state index in [2.05, 4.69) is 74.5 Å². The molecule has 0 saturated heterocycles. The summed E-state index contributed by atoms with van der Waals surface area (Å²) in [5.41, 5.74) is 7.53. The van der Waals surface area contributed by atoms with Crippen LogP contribution < -0.4 is 9.47 Å². The van der Waals surface area contributed by atoms with Gasteiger partial charge in [0.2, 0.25) is 0 Å². The molecule has 0 unspecified atom stereocenters. The molecule has 158 valence electrons. The summed E-state index contributed by atoms with van der Waals surface area (Å²) in [6.45, 7) is 4.47. The van der Waals surface area contributed by atoms with E-state index in [4.69, 9.17) is 9.47 Å². The molecule has 0 bridgehead atoms. The lowest BCUT2D eigenvalue weighted by Gasteiger charge is -2.17. The van der Waals surface area contributed by atoms with Crippen molar-refractivity contribution in [2.45, 2.75) is 52.4 Å². The molecule has 0 aliphatic rings. The van der Waals surface area contributed by atoms with Gasteiger partial charge >= 0.3 is 0 Å². The Kier molecular flexibility index (Phi) is 7.96. The summed E-state index contributed by atoms with van der Waals surface area (Å²) < 4.78 is 11.4. The summed E-state index contributed by atoms with van der Waals surface area (Å²) in [5, 5.41) is 0. The van der Waals surface area contributed by atoms with Crippen molar-refractivity contribution in [3.8, 4) is 33.8 Å². The lowest BCUT2D eigenvalue weighted by molar-refractivity contribution is 0.415. The average molecular weight is 403 g/mol. The SMILES string of the molecule is CCCCc1cccc(OC)c1-c1ccc(-c2c(CCCC)cccc2OC)cc1. The molecule has 30 heavy (non-hydrogen) atoms. The zero-order chi connectivity index (χ0) is 21.3. The molecule has 0 N–H and O–H groups in total. The summed E-state index contributed by atoms with van der Waals surface area (Å²) in [4.78, 5) is 0. The van der Waals surface area contributed by atoms with Gasteiger partial charge in [0, 0.05) is 11.1 Å². The van der Waals surface area contributed by atoms with E-state index in [9.17, 15) is 0 Å². The molecule has 3 aromatic carbocycles. The fourth-order valence-corrected chi connectivity index (χ4v) is 4.10. The van der Waals surface area contributed by atoms with Gasteiger partial charge in [-0.3, -0.25) is 0 Å². The van der Waals surface area contributed by atoms with Crippen molar-refractivity contribution in [1.82, 2.24) is 0 Å². The third kappa shape index (κ3) is 4.87. The smallest absolute Gasteiger partial charge is 0.126 e. The second-order valence-electron chi connectivity index (χ2n) is 7.77. The first-order chi connectivity index (χ1) is 14.7. The van der Waals surface area contributed by atoms with Crippen LogP contribution in [0.3, 0.4) is 0 Å². The first-order valence-electron chi connectivity index (χ1n) is 11.2. The summed E-state index contributed by atoms with van der Waals surface area (Å²) in [5.74, 6) is 1.88. The van der Waals surface area contributed by atoms with Crippen molar-refractivity contribution >= 4 is 0 Å². The maximum absolute atomic E-state index is 5.72. The van der Waals surface area contributed by atoms with E-state index in [1.807, 2.05) is 0 Å². The minimum Gasteiger partial charge on any atom is -0.496 e. The highest BCUT2D eigenvalue weighted by molar-refractivity contribution is 5.79. The second kappa shape index (κ2) is 10.9. The number of rotatable bonds is 10. The molecular formula is C28H34O2. The molecular weight excluding hydrogens is 368 g/mol. The van der Waals surface area contributed by atoms with Gasteiger partial charge in [-0.05, 0) is 60.1 Å². The van der Waals surface area contributed by atoms with E-state index < -0.39 is 0 Å². The molecule has 0 saturated carbocycles. The fourth-order valence-electron chi connectivity index (χ4n) is 4.10. The maximum atomic E-state index is 5.72. The number of hydrogen-bond donors (Lipinski definition) is 0. The van der Waals surface area contributed by atoms with E-state index in [-0.39, 0.29) is 0 Å². The zero-order valence-electron chi connectivity index (χ0n) is 18.8. The predicted octanol–water partition coefficient (Wildman–Crippen LogP) is 7.72. The zero-order valence-corrected chi connectivity index (χ0v) is 18.8. The topological polar surface area (TPSA) is 18.5 Å². The summed E-state index contributed by atoms with van der Waals surface area (Å²) in [6, 6.07) is 21.6. The van der Waals surface area contributed by atoms with Gasteiger partial charge in [-0.15, -0.1) is 0 Å². The highest BCUT2D eigenvalue weighted by Crippen LogP contribution is 2.38. The molecule has 3 rings (SSSR count). The van der Waals surface area contributed by atoms with Crippen LogP contribution in [0.15, 0.2) is 60.7 Å². The van der Waals surface area contributed by atoms with Crippen LogP contribution in [0.4, 0.5) is 0 Å². The van der Waals surface area contributed by atoms with Gasteiger partial charge < -0.3 is 9.47 Å². The quantitative estimate of drug-likeness (QED) is 0.345. The second-order valence-corrected chi connectivity index (χ2v) is 7.77. The predicted molar refractivity (Wildman–Crippen MR) is 128 cm³/mol. The molecule has 2 heteroatoms. The Hall–Kier alpha value is -2.74. The van der Waals surface area contributed by atoms with Crippen LogP contribution in [0.2, 0.25) is 0 Å². The maximum Gasteiger partial charge on any atom is 0.126 e. The number of unbranched alkanes of at least 4 members (excludes halogenated alkanes) is 2. The largest absolute Gasteiger partial charge is 0.496 e. The van der Waals surface area contributed by atoms with Gasteiger partial charge in [0.15, 0.2) is 0 Å². The monoisotopic (exact) mass is 402 g/mol. The standard InChI is InChI=1S/C28H34O2/c1-5-7-11-21-13-9-15-25(29-3)27(21)23-17-19-24(20-18-23)28-22(12-8-6-2)14-10-16-26(28)30-4/h9-10,13-20H,5-8,11-12H2,1-4H3. The van der Waals surface area contributed by atoms with Gasteiger partial charge in [0.05, 0.1) is 14.2 Å². The molecule has 0 fully saturated rings. The molecule has 0 aliphatic heterocycles. The minimum absolute atomic E-state index is 0.942. The first kappa shape index (κ1) is 22.0. The van der Waals surface area contributed by atoms with Crippen LogP contribution in [0.1, 0.15) is 50.7 Å². The van der Waals surface area contributed by atoms with Crippen LogP contribution in [0.5, 0.6) is 11.5 Å². The van der Waals surface area contributed by atoms with Crippen molar-refractivity contribution in [2.75, 3.05) is 14.2 Å².